The number of carbonyl (C=O) groups excluding carboxylic acids is 1. The summed E-state index contributed by atoms with van der Waals surface area (Å²) in [6.45, 7) is 2.25. The fraction of sp³-hybridized carbons (Fsp3) is 0.167. The van der Waals surface area contributed by atoms with E-state index >= 15 is 0 Å². The summed E-state index contributed by atoms with van der Waals surface area (Å²) in [5, 5.41) is 7.19. The summed E-state index contributed by atoms with van der Waals surface area (Å²) in [6.07, 6.45) is 3.55. The summed E-state index contributed by atoms with van der Waals surface area (Å²) in [5.74, 6) is -0.287. The normalized spacial score (nSPS) is 11.9. The van der Waals surface area contributed by atoms with Crippen molar-refractivity contribution in [1.82, 2.24) is 20.1 Å². The van der Waals surface area contributed by atoms with Crippen LogP contribution in [0.3, 0.4) is 0 Å². The van der Waals surface area contributed by atoms with Crippen molar-refractivity contribution >= 4 is 5.91 Å². The van der Waals surface area contributed by atoms with Gasteiger partial charge in [-0.15, -0.1) is 0 Å². The second-order valence-corrected chi connectivity index (χ2v) is 5.58. The third-order valence-electron chi connectivity index (χ3n) is 3.68. The number of pyridine rings is 1. The van der Waals surface area contributed by atoms with Gasteiger partial charge in [-0.2, -0.15) is 5.10 Å². The zero-order valence-electron chi connectivity index (χ0n) is 13.3. The number of H-pyrrole nitrogens is 1. The van der Waals surface area contributed by atoms with E-state index in [-0.39, 0.29) is 17.5 Å². The summed E-state index contributed by atoms with van der Waals surface area (Å²) >= 11 is 0. The molecule has 3 rings (SSSR count). The lowest BCUT2D eigenvalue weighted by molar-refractivity contribution is 0.0931. The van der Waals surface area contributed by atoms with Gasteiger partial charge in [-0.05, 0) is 24.6 Å². The summed E-state index contributed by atoms with van der Waals surface area (Å²) in [6, 6.07) is 14.2. The number of nitrogens with one attached hydrogen (secondary N) is 2. The quantitative estimate of drug-likeness (QED) is 0.754. The maximum absolute atomic E-state index is 12.6. The second kappa shape index (κ2) is 6.95. The Morgan fingerprint density at radius 3 is 2.71 bits per heavy atom. The number of amides is 1. The van der Waals surface area contributed by atoms with Gasteiger partial charge in [-0.3, -0.25) is 14.3 Å². The molecule has 0 saturated heterocycles. The zero-order valence-corrected chi connectivity index (χ0v) is 13.3. The highest BCUT2D eigenvalue weighted by atomic mass is 16.2. The van der Waals surface area contributed by atoms with Crippen LogP contribution < -0.4 is 10.9 Å². The average Bonchev–Trinajstić information content (AvgIpc) is 3.07. The van der Waals surface area contributed by atoms with E-state index < -0.39 is 0 Å². The van der Waals surface area contributed by atoms with E-state index in [0.717, 1.165) is 5.56 Å². The Morgan fingerprint density at radius 1 is 1.25 bits per heavy atom. The molecule has 0 spiro atoms. The number of rotatable bonds is 5. The molecule has 1 unspecified atom stereocenters. The minimum atomic E-state index is -0.288. The van der Waals surface area contributed by atoms with Gasteiger partial charge < -0.3 is 10.3 Å². The van der Waals surface area contributed by atoms with E-state index in [1.807, 2.05) is 42.6 Å². The van der Waals surface area contributed by atoms with Gasteiger partial charge in [0, 0.05) is 29.7 Å². The van der Waals surface area contributed by atoms with E-state index in [1.165, 1.54) is 6.07 Å². The van der Waals surface area contributed by atoms with Gasteiger partial charge in [-0.25, -0.2) is 0 Å². The fourth-order valence-corrected chi connectivity index (χ4v) is 2.57. The first-order chi connectivity index (χ1) is 11.6. The van der Waals surface area contributed by atoms with Crippen LogP contribution >= 0.6 is 0 Å². The molecule has 0 fully saturated rings. The van der Waals surface area contributed by atoms with Gasteiger partial charge in [0.05, 0.1) is 12.6 Å². The predicted molar refractivity (Wildman–Crippen MR) is 90.7 cm³/mol. The first-order valence-corrected chi connectivity index (χ1v) is 7.66. The molecule has 1 atom stereocenters. The lowest BCUT2D eigenvalue weighted by Gasteiger charge is -2.19. The van der Waals surface area contributed by atoms with E-state index in [1.54, 1.807) is 23.9 Å². The lowest BCUT2D eigenvalue weighted by Crippen LogP contribution is -2.32. The summed E-state index contributed by atoms with van der Waals surface area (Å²) < 4.78 is 1.76. The molecule has 2 aromatic heterocycles. The van der Waals surface area contributed by atoms with E-state index in [4.69, 9.17) is 0 Å². The molecule has 2 N–H and O–H groups in total. The molecule has 0 aliphatic heterocycles. The highest BCUT2D eigenvalue weighted by Gasteiger charge is 2.17. The van der Waals surface area contributed by atoms with Crippen molar-refractivity contribution in [2.24, 2.45) is 0 Å². The lowest BCUT2D eigenvalue weighted by atomic mass is 10.1. The van der Waals surface area contributed by atoms with Gasteiger partial charge in [0.2, 0.25) is 5.56 Å². The molecule has 0 aliphatic carbocycles. The Balaban J connectivity index is 1.85. The SMILES string of the molecule is Cc1cc(C(=O)NC(Cn2cccn2)c2ccccc2)cc(=O)[nH]1. The third-order valence-corrected chi connectivity index (χ3v) is 3.68. The third kappa shape index (κ3) is 3.78. The maximum Gasteiger partial charge on any atom is 0.252 e. The molecule has 2 heterocycles. The van der Waals surface area contributed by atoms with Crippen molar-refractivity contribution in [3.05, 3.63) is 88.1 Å². The predicted octanol–water partition coefficient (Wildman–Crippen LogP) is 2.05. The van der Waals surface area contributed by atoms with Crippen molar-refractivity contribution < 1.29 is 4.79 Å². The molecule has 122 valence electrons. The monoisotopic (exact) mass is 322 g/mol. The van der Waals surface area contributed by atoms with Crippen molar-refractivity contribution in [2.45, 2.75) is 19.5 Å². The molecule has 0 saturated carbocycles. The van der Waals surface area contributed by atoms with Gasteiger partial charge in [0.15, 0.2) is 0 Å². The number of aromatic nitrogens is 3. The maximum atomic E-state index is 12.6. The second-order valence-electron chi connectivity index (χ2n) is 5.58. The van der Waals surface area contributed by atoms with Crippen LogP contribution in [-0.4, -0.2) is 20.7 Å². The molecule has 0 aliphatic rings. The Hall–Kier alpha value is -3.15. The van der Waals surface area contributed by atoms with Crippen LogP contribution in [0.25, 0.3) is 0 Å². The Bertz CT molecular complexity index is 870. The number of aromatic amines is 1. The molecule has 6 heteroatoms. The highest BCUT2D eigenvalue weighted by Crippen LogP contribution is 2.15. The standard InChI is InChI=1S/C18H18N4O2/c1-13-10-15(11-17(23)20-13)18(24)21-16(12-22-9-5-8-19-22)14-6-3-2-4-7-14/h2-11,16H,12H2,1H3,(H,20,23)(H,21,24). The number of hydrogen-bond acceptors (Lipinski definition) is 3. The van der Waals surface area contributed by atoms with Crippen molar-refractivity contribution in [3.63, 3.8) is 0 Å². The largest absolute Gasteiger partial charge is 0.343 e. The Kier molecular flexibility index (Phi) is 4.56. The van der Waals surface area contributed by atoms with Crippen LogP contribution in [0, 0.1) is 6.92 Å². The number of hydrogen-bond donors (Lipinski definition) is 2. The Labute approximate surface area is 139 Å². The van der Waals surface area contributed by atoms with Crippen LogP contribution in [0.1, 0.15) is 27.7 Å². The van der Waals surface area contributed by atoms with Crippen LogP contribution in [0.4, 0.5) is 0 Å². The van der Waals surface area contributed by atoms with Crippen LogP contribution in [0.15, 0.2) is 65.7 Å². The number of aryl methyl sites for hydroxylation is 1. The van der Waals surface area contributed by atoms with Crippen LogP contribution in [-0.2, 0) is 6.54 Å². The summed E-state index contributed by atoms with van der Waals surface area (Å²) in [4.78, 5) is 26.8. The topological polar surface area (TPSA) is 79.8 Å². The average molecular weight is 322 g/mol. The van der Waals surface area contributed by atoms with Gasteiger partial charge in [-0.1, -0.05) is 30.3 Å². The van der Waals surface area contributed by atoms with Crippen molar-refractivity contribution in [3.8, 4) is 0 Å². The number of carbonyl (C=O) groups is 1. The molecule has 24 heavy (non-hydrogen) atoms. The molecule has 3 aromatic rings. The molecule has 6 nitrogen and oxygen atoms in total. The van der Waals surface area contributed by atoms with Crippen molar-refractivity contribution in [2.75, 3.05) is 0 Å². The molecule has 0 bridgehead atoms. The first kappa shape index (κ1) is 15.7. The minimum absolute atomic E-state index is 0.252. The van der Waals surface area contributed by atoms with E-state index in [2.05, 4.69) is 15.4 Å². The first-order valence-electron chi connectivity index (χ1n) is 7.66. The summed E-state index contributed by atoms with van der Waals surface area (Å²) in [7, 11) is 0. The zero-order chi connectivity index (χ0) is 16.9. The smallest absolute Gasteiger partial charge is 0.252 e. The molecule has 0 radical (unpaired) electrons. The number of nitrogens with zero attached hydrogens (tertiary/aromatic N) is 2. The van der Waals surface area contributed by atoms with Gasteiger partial charge >= 0.3 is 0 Å². The molecule has 1 amide bonds. The molecular weight excluding hydrogens is 304 g/mol. The van der Waals surface area contributed by atoms with Crippen LogP contribution in [0.2, 0.25) is 0 Å². The van der Waals surface area contributed by atoms with Gasteiger partial charge in [0.25, 0.3) is 5.91 Å². The minimum Gasteiger partial charge on any atom is -0.343 e. The van der Waals surface area contributed by atoms with Crippen LogP contribution in [0.5, 0.6) is 0 Å². The molecule has 1 aromatic carbocycles. The fourth-order valence-electron chi connectivity index (χ4n) is 2.57. The Morgan fingerprint density at radius 2 is 2.04 bits per heavy atom. The van der Waals surface area contributed by atoms with Gasteiger partial charge in [0.1, 0.15) is 0 Å². The molecular formula is C18H18N4O2. The van der Waals surface area contributed by atoms with Crippen molar-refractivity contribution in [1.29, 1.82) is 0 Å². The summed E-state index contributed by atoms with van der Waals surface area (Å²) in [5.41, 5.74) is 1.68. The highest BCUT2D eigenvalue weighted by molar-refractivity contribution is 5.94. The number of benzene rings is 1. The van der Waals surface area contributed by atoms with E-state index in [0.29, 0.717) is 17.8 Å². The van der Waals surface area contributed by atoms with E-state index in [9.17, 15) is 9.59 Å².